The Labute approximate surface area is 160 Å². The number of amides is 1. The van der Waals surface area contributed by atoms with Gasteiger partial charge in [0.05, 0.1) is 11.8 Å². The van der Waals surface area contributed by atoms with Crippen LogP contribution >= 0.6 is 22.9 Å². The summed E-state index contributed by atoms with van der Waals surface area (Å²) in [5.41, 5.74) is 1.43. The maximum Gasteiger partial charge on any atom is 0.271 e. The van der Waals surface area contributed by atoms with Crippen LogP contribution < -0.4 is 10.9 Å². The summed E-state index contributed by atoms with van der Waals surface area (Å²) < 4.78 is 1.90. The van der Waals surface area contributed by atoms with Crippen molar-refractivity contribution in [1.82, 2.24) is 14.9 Å². The molecule has 0 spiro atoms. The number of thiophene rings is 1. The third-order valence-corrected chi connectivity index (χ3v) is 5.40. The SMILES string of the molecule is CC(C)CCNC(=O)Cn1cnc2cc(-c3ccc(Cl)cc3)sc2c1=O. The highest BCUT2D eigenvalue weighted by molar-refractivity contribution is 7.22. The molecule has 2 aromatic heterocycles. The minimum atomic E-state index is -0.195. The Kier molecular flexibility index (Phi) is 5.74. The number of hydrogen-bond acceptors (Lipinski definition) is 4. The normalized spacial score (nSPS) is 11.2. The number of carbonyl (C=O) groups excluding carboxylic acids is 1. The summed E-state index contributed by atoms with van der Waals surface area (Å²) >= 11 is 7.30. The Balaban J connectivity index is 1.81. The number of fused-ring (bicyclic) bond motifs is 1. The van der Waals surface area contributed by atoms with E-state index in [9.17, 15) is 9.59 Å². The van der Waals surface area contributed by atoms with Gasteiger partial charge in [0.15, 0.2) is 0 Å². The van der Waals surface area contributed by atoms with Gasteiger partial charge in [0.2, 0.25) is 5.91 Å². The van der Waals surface area contributed by atoms with Crippen molar-refractivity contribution in [3.05, 3.63) is 52.0 Å². The zero-order valence-corrected chi connectivity index (χ0v) is 16.2. The van der Waals surface area contributed by atoms with E-state index in [1.165, 1.54) is 22.2 Å². The predicted octanol–water partition coefficient (Wildman–Crippen LogP) is 3.94. The van der Waals surface area contributed by atoms with Gasteiger partial charge in [0, 0.05) is 16.4 Å². The van der Waals surface area contributed by atoms with Crippen LogP contribution in [-0.4, -0.2) is 22.0 Å². The van der Waals surface area contributed by atoms with Crippen LogP contribution in [0.15, 0.2) is 41.5 Å². The maximum atomic E-state index is 12.7. The summed E-state index contributed by atoms with van der Waals surface area (Å²) in [6.45, 7) is 4.79. The van der Waals surface area contributed by atoms with Gasteiger partial charge in [-0.2, -0.15) is 0 Å². The van der Waals surface area contributed by atoms with Crippen LogP contribution in [0, 0.1) is 5.92 Å². The molecule has 0 aliphatic heterocycles. The van der Waals surface area contributed by atoms with Crippen molar-refractivity contribution >= 4 is 39.1 Å². The average Bonchev–Trinajstić information content (AvgIpc) is 3.03. The topological polar surface area (TPSA) is 64.0 Å². The van der Waals surface area contributed by atoms with Gasteiger partial charge in [-0.25, -0.2) is 4.98 Å². The molecule has 0 fully saturated rings. The van der Waals surface area contributed by atoms with E-state index in [4.69, 9.17) is 11.6 Å². The predicted molar refractivity (Wildman–Crippen MR) is 107 cm³/mol. The first-order valence-electron chi connectivity index (χ1n) is 8.45. The Morgan fingerprint density at radius 2 is 2.04 bits per heavy atom. The Bertz CT molecular complexity index is 977. The number of benzene rings is 1. The van der Waals surface area contributed by atoms with Crippen LogP contribution in [0.25, 0.3) is 20.7 Å². The van der Waals surface area contributed by atoms with Crippen LogP contribution in [0.1, 0.15) is 20.3 Å². The average molecular weight is 390 g/mol. The molecule has 0 bridgehead atoms. The molecule has 26 heavy (non-hydrogen) atoms. The lowest BCUT2D eigenvalue weighted by atomic mass is 10.1. The fourth-order valence-corrected chi connectivity index (χ4v) is 3.72. The standard InChI is InChI=1S/C19H20ClN3O2S/c1-12(2)7-8-21-17(24)10-23-11-22-15-9-16(26-18(15)19(23)25)13-3-5-14(20)6-4-13/h3-6,9,11-12H,7-8,10H2,1-2H3,(H,21,24). The number of aromatic nitrogens is 2. The number of hydrogen-bond donors (Lipinski definition) is 1. The Hall–Kier alpha value is -2.18. The molecule has 1 N–H and O–H groups in total. The van der Waals surface area contributed by atoms with Crippen LogP contribution in [0.5, 0.6) is 0 Å². The van der Waals surface area contributed by atoms with Gasteiger partial charge < -0.3 is 5.32 Å². The van der Waals surface area contributed by atoms with E-state index in [2.05, 4.69) is 24.1 Å². The van der Waals surface area contributed by atoms with Gasteiger partial charge >= 0.3 is 0 Å². The molecule has 1 aromatic carbocycles. The first-order chi connectivity index (χ1) is 12.4. The third kappa shape index (κ3) is 4.31. The van der Waals surface area contributed by atoms with E-state index in [1.807, 2.05) is 30.3 Å². The van der Waals surface area contributed by atoms with Crippen molar-refractivity contribution in [2.75, 3.05) is 6.54 Å². The molecule has 0 aliphatic carbocycles. The molecule has 0 atom stereocenters. The fraction of sp³-hybridized carbons (Fsp3) is 0.316. The second kappa shape index (κ2) is 8.01. The molecule has 5 nitrogen and oxygen atoms in total. The Morgan fingerprint density at radius 3 is 2.73 bits per heavy atom. The molecule has 2 heterocycles. The van der Waals surface area contributed by atoms with Crippen molar-refractivity contribution in [3.63, 3.8) is 0 Å². The van der Waals surface area contributed by atoms with Crippen molar-refractivity contribution in [1.29, 1.82) is 0 Å². The Morgan fingerprint density at radius 1 is 1.31 bits per heavy atom. The molecule has 3 aromatic rings. The van der Waals surface area contributed by atoms with Crippen molar-refractivity contribution in [2.45, 2.75) is 26.8 Å². The first-order valence-corrected chi connectivity index (χ1v) is 9.65. The van der Waals surface area contributed by atoms with Crippen molar-refractivity contribution in [2.24, 2.45) is 5.92 Å². The summed E-state index contributed by atoms with van der Waals surface area (Å²) in [7, 11) is 0. The molecule has 3 rings (SSSR count). The molecular formula is C19H20ClN3O2S. The molecule has 0 radical (unpaired) electrons. The largest absolute Gasteiger partial charge is 0.355 e. The van der Waals surface area contributed by atoms with Crippen LogP contribution in [0.4, 0.5) is 0 Å². The lowest BCUT2D eigenvalue weighted by molar-refractivity contribution is -0.121. The van der Waals surface area contributed by atoms with E-state index >= 15 is 0 Å². The van der Waals surface area contributed by atoms with Crippen LogP contribution in [-0.2, 0) is 11.3 Å². The van der Waals surface area contributed by atoms with Gasteiger partial charge in [-0.15, -0.1) is 11.3 Å². The second-order valence-electron chi connectivity index (χ2n) is 6.54. The number of rotatable bonds is 6. The summed E-state index contributed by atoms with van der Waals surface area (Å²) in [6, 6.07) is 9.34. The number of nitrogens with zero attached hydrogens (tertiary/aromatic N) is 2. The second-order valence-corrected chi connectivity index (χ2v) is 8.03. The molecule has 136 valence electrons. The zero-order valence-electron chi connectivity index (χ0n) is 14.7. The van der Waals surface area contributed by atoms with E-state index in [0.29, 0.717) is 27.7 Å². The van der Waals surface area contributed by atoms with E-state index in [1.54, 1.807) is 0 Å². The molecule has 0 unspecified atom stereocenters. The number of halogens is 1. The molecular weight excluding hydrogens is 370 g/mol. The molecule has 7 heteroatoms. The highest BCUT2D eigenvalue weighted by atomic mass is 35.5. The van der Waals surface area contributed by atoms with Gasteiger partial charge in [0.1, 0.15) is 11.2 Å². The zero-order chi connectivity index (χ0) is 18.7. The highest BCUT2D eigenvalue weighted by Crippen LogP contribution is 2.31. The molecule has 0 saturated carbocycles. The maximum absolute atomic E-state index is 12.7. The lowest BCUT2D eigenvalue weighted by Crippen LogP contribution is -2.33. The fourth-order valence-electron chi connectivity index (χ4n) is 2.53. The van der Waals surface area contributed by atoms with E-state index < -0.39 is 0 Å². The van der Waals surface area contributed by atoms with Crippen molar-refractivity contribution < 1.29 is 4.79 Å². The molecule has 0 aliphatic rings. The van der Waals surface area contributed by atoms with Gasteiger partial charge in [-0.1, -0.05) is 37.6 Å². The van der Waals surface area contributed by atoms with E-state index in [0.717, 1.165) is 16.9 Å². The van der Waals surface area contributed by atoms with Gasteiger partial charge in [0.25, 0.3) is 5.56 Å². The monoisotopic (exact) mass is 389 g/mol. The van der Waals surface area contributed by atoms with Gasteiger partial charge in [-0.05, 0) is 36.1 Å². The molecule has 1 amide bonds. The summed E-state index contributed by atoms with van der Waals surface area (Å²) in [6.07, 6.45) is 2.35. The van der Waals surface area contributed by atoms with E-state index in [-0.39, 0.29) is 18.0 Å². The highest BCUT2D eigenvalue weighted by Gasteiger charge is 2.12. The van der Waals surface area contributed by atoms with Gasteiger partial charge in [-0.3, -0.25) is 14.2 Å². The summed E-state index contributed by atoms with van der Waals surface area (Å²) in [4.78, 5) is 30.0. The summed E-state index contributed by atoms with van der Waals surface area (Å²) in [5.74, 6) is 0.344. The summed E-state index contributed by atoms with van der Waals surface area (Å²) in [5, 5.41) is 3.50. The smallest absolute Gasteiger partial charge is 0.271 e. The number of carbonyl (C=O) groups is 1. The lowest BCUT2D eigenvalue weighted by Gasteiger charge is -2.08. The minimum Gasteiger partial charge on any atom is -0.355 e. The van der Waals surface area contributed by atoms with Crippen molar-refractivity contribution in [3.8, 4) is 10.4 Å². The van der Waals surface area contributed by atoms with Crippen LogP contribution in [0.2, 0.25) is 5.02 Å². The first kappa shape index (κ1) is 18.6. The van der Waals surface area contributed by atoms with Crippen LogP contribution in [0.3, 0.4) is 0 Å². The quantitative estimate of drug-likeness (QED) is 0.694. The number of nitrogens with one attached hydrogen (secondary N) is 1. The minimum absolute atomic E-state index is 0.0198. The molecule has 0 saturated heterocycles. The third-order valence-electron chi connectivity index (χ3n) is 3.99.